The minimum atomic E-state index is -0.0870. The number of allylic oxidation sites excluding steroid dienone is 3. The van der Waals surface area contributed by atoms with Gasteiger partial charge in [0.25, 0.3) is 0 Å². The van der Waals surface area contributed by atoms with Crippen LogP contribution in [0.2, 0.25) is 0 Å². The molecule has 9 atom stereocenters. The summed E-state index contributed by atoms with van der Waals surface area (Å²) in [6, 6.07) is 0. The van der Waals surface area contributed by atoms with Crippen LogP contribution in [0.4, 0.5) is 0 Å². The number of hydrogen-bond acceptors (Lipinski definition) is 1. The van der Waals surface area contributed by atoms with Crippen molar-refractivity contribution in [3.63, 3.8) is 0 Å². The molecule has 0 amide bonds. The number of fused-ring (bicyclic) bond motifs is 5. The number of rotatable bonds is 5. The van der Waals surface area contributed by atoms with Crippen LogP contribution >= 0.6 is 0 Å². The molecule has 0 heterocycles. The van der Waals surface area contributed by atoms with Crippen molar-refractivity contribution in [2.24, 2.45) is 52.3 Å². The SMILES string of the molecule is CC[C@H](/C=C\[C@H](C)[C@H]1CC[C@@H]2[C@H]3CC=C4C[C@H](O)CC[C@@]4(C)[C@@H]3CC[C@@]21C)C(C)C. The molecule has 4 aliphatic rings. The Bertz CT molecular complexity index is 674. The summed E-state index contributed by atoms with van der Waals surface area (Å²) in [5.74, 6) is 5.70. The van der Waals surface area contributed by atoms with Gasteiger partial charge in [0.1, 0.15) is 0 Å². The van der Waals surface area contributed by atoms with Crippen LogP contribution in [0, 0.1) is 52.3 Å². The fourth-order valence-corrected chi connectivity index (χ4v) is 8.83. The highest BCUT2D eigenvalue weighted by molar-refractivity contribution is 5.25. The van der Waals surface area contributed by atoms with Gasteiger partial charge in [-0.25, -0.2) is 0 Å². The molecule has 0 aromatic heterocycles. The maximum Gasteiger partial charge on any atom is 0.0577 e. The van der Waals surface area contributed by atoms with Gasteiger partial charge in [-0.2, -0.15) is 0 Å². The van der Waals surface area contributed by atoms with E-state index in [0.717, 1.165) is 48.3 Å². The van der Waals surface area contributed by atoms with Crippen LogP contribution in [0.3, 0.4) is 0 Å². The molecule has 0 saturated heterocycles. The third-order valence-electron chi connectivity index (χ3n) is 10.8. The van der Waals surface area contributed by atoms with Crippen LogP contribution in [-0.4, -0.2) is 11.2 Å². The van der Waals surface area contributed by atoms with Gasteiger partial charge in [-0.1, -0.05) is 65.3 Å². The summed E-state index contributed by atoms with van der Waals surface area (Å²) in [6.07, 6.45) is 19.1. The highest BCUT2D eigenvalue weighted by atomic mass is 16.3. The standard InChI is InChI=1S/C29H48O/c1-7-21(19(2)3)9-8-20(4)25-12-13-26-24-11-10-22-18-23(30)14-16-28(22,5)27(24)15-17-29(25,26)6/h8-10,19-21,23-27,30H,7,11-18H2,1-6H3/b9-8-/t20-,21+,23+,24+,25+,26+,27+,28+,29+/m0/s1. The lowest BCUT2D eigenvalue weighted by atomic mass is 9.47. The van der Waals surface area contributed by atoms with Crippen LogP contribution in [-0.2, 0) is 0 Å². The Labute approximate surface area is 186 Å². The van der Waals surface area contributed by atoms with Crippen molar-refractivity contribution >= 4 is 0 Å². The maximum atomic E-state index is 10.2. The molecule has 1 heteroatoms. The van der Waals surface area contributed by atoms with Crippen LogP contribution < -0.4 is 0 Å². The number of hydrogen-bond donors (Lipinski definition) is 1. The van der Waals surface area contributed by atoms with E-state index in [2.05, 4.69) is 59.8 Å². The molecule has 3 fully saturated rings. The first kappa shape index (κ1) is 22.6. The summed E-state index contributed by atoms with van der Waals surface area (Å²) >= 11 is 0. The molecule has 0 aliphatic heterocycles. The molecule has 0 aromatic carbocycles. The van der Waals surface area contributed by atoms with E-state index in [9.17, 15) is 5.11 Å². The van der Waals surface area contributed by atoms with Crippen LogP contribution in [0.15, 0.2) is 23.8 Å². The van der Waals surface area contributed by atoms with Crippen LogP contribution in [0.1, 0.15) is 99.3 Å². The maximum absolute atomic E-state index is 10.2. The third-order valence-corrected chi connectivity index (χ3v) is 10.8. The Hall–Kier alpha value is -0.560. The topological polar surface area (TPSA) is 20.2 Å². The molecule has 3 saturated carbocycles. The Morgan fingerprint density at radius 1 is 1.03 bits per heavy atom. The summed E-state index contributed by atoms with van der Waals surface area (Å²) in [5.41, 5.74) is 2.51. The monoisotopic (exact) mass is 412 g/mol. The number of aliphatic hydroxyl groups excluding tert-OH is 1. The van der Waals surface area contributed by atoms with E-state index in [1.54, 1.807) is 5.57 Å². The largest absolute Gasteiger partial charge is 0.393 e. The van der Waals surface area contributed by atoms with E-state index in [-0.39, 0.29) is 6.10 Å². The highest BCUT2D eigenvalue weighted by Crippen LogP contribution is 2.67. The molecule has 0 radical (unpaired) electrons. The summed E-state index contributed by atoms with van der Waals surface area (Å²) in [6.45, 7) is 14.8. The molecule has 0 aromatic rings. The van der Waals surface area contributed by atoms with Crippen molar-refractivity contribution in [2.75, 3.05) is 0 Å². The first-order valence-electron chi connectivity index (χ1n) is 13.3. The first-order valence-corrected chi connectivity index (χ1v) is 13.3. The third kappa shape index (κ3) is 3.66. The molecular formula is C29H48O. The second-order valence-electron chi connectivity index (χ2n) is 12.4. The molecule has 170 valence electrons. The molecule has 1 N–H and O–H groups in total. The molecule has 1 nitrogen and oxygen atoms in total. The molecule has 4 rings (SSSR count). The molecule has 0 unspecified atom stereocenters. The molecule has 0 spiro atoms. The lowest BCUT2D eigenvalue weighted by Crippen LogP contribution is -2.50. The van der Waals surface area contributed by atoms with Gasteiger partial charge < -0.3 is 5.11 Å². The Balaban J connectivity index is 1.52. The zero-order valence-corrected chi connectivity index (χ0v) is 20.7. The lowest BCUT2D eigenvalue weighted by Gasteiger charge is -2.58. The molecular weight excluding hydrogens is 364 g/mol. The van der Waals surface area contributed by atoms with Gasteiger partial charge >= 0.3 is 0 Å². The summed E-state index contributed by atoms with van der Waals surface area (Å²) in [5, 5.41) is 10.2. The normalized spacial score (nSPS) is 45.6. The average Bonchev–Trinajstić information content (AvgIpc) is 3.06. The minimum absolute atomic E-state index is 0.0870. The van der Waals surface area contributed by atoms with Gasteiger partial charge in [-0.05, 0) is 110 Å². The molecule has 0 bridgehead atoms. The Morgan fingerprint density at radius 3 is 2.50 bits per heavy atom. The average molecular weight is 413 g/mol. The fourth-order valence-electron chi connectivity index (χ4n) is 8.83. The quantitative estimate of drug-likeness (QED) is 0.457. The first-order chi connectivity index (χ1) is 14.2. The van der Waals surface area contributed by atoms with Crippen molar-refractivity contribution in [3.8, 4) is 0 Å². The van der Waals surface area contributed by atoms with E-state index < -0.39 is 0 Å². The Kier molecular flexibility index (Phi) is 6.35. The second-order valence-corrected chi connectivity index (χ2v) is 12.4. The summed E-state index contributed by atoms with van der Waals surface area (Å²) < 4.78 is 0. The van der Waals surface area contributed by atoms with E-state index in [4.69, 9.17) is 0 Å². The smallest absolute Gasteiger partial charge is 0.0577 e. The van der Waals surface area contributed by atoms with Gasteiger partial charge in [0, 0.05) is 0 Å². The highest BCUT2D eigenvalue weighted by Gasteiger charge is 2.58. The van der Waals surface area contributed by atoms with Crippen molar-refractivity contribution in [1.29, 1.82) is 0 Å². The second kappa shape index (κ2) is 8.42. The van der Waals surface area contributed by atoms with Gasteiger partial charge in [-0.15, -0.1) is 0 Å². The van der Waals surface area contributed by atoms with Crippen LogP contribution in [0.5, 0.6) is 0 Å². The zero-order valence-electron chi connectivity index (χ0n) is 20.7. The van der Waals surface area contributed by atoms with Crippen molar-refractivity contribution in [2.45, 2.75) is 105 Å². The molecule has 30 heavy (non-hydrogen) atoms. The molecule has 4 aliphatic carbocycles. The van der Waals surface area contributed by atoms with E-state index in [0.29, 0.717) is 16.7 Å². The fraction of sp³-hybridized carbons (Fsp3) is 0.862. The van der Waals surface area contributed by atoms with Crippen molar-refractivity contribution in [3.05, 3.63) is 23.8 Å². The van der Waals surface area contributed by atoms with Gasteiger partial charge in [0.05, 0.1) is 6.10 Å². The summed E-state index contributed by atoms with van der Waals surface area (Å²) in [4.78, 5) is 0. The Morgan fingerprint density at radius 2 is 1.80 bits per heavy atom. The van der Waals surface area contributed by atoms with Gasteiger partial charge in [0.2, 0.25) is 0 Å². The van der Waals surface area contributed by atoms with Crippen molar-refractivity contribution < 1.29 is 5.11 Å². The zero-order chi connectivity index (χ0) is 21.7. The lowest BCUT2D eigenvalue weighted by molar-refractivity contribution is -0.0540. The van der Waals surface area contributed by atoms with Crippen LogP contribution in [0.25, 0.3) is 0 Å². The van der Waals surface area contributed by atoms with Gasteiger partial charge in [-0.3, -0.25) is 0 Å². The van der Waals surface area contributed by atoms with E-state index in [1.807, 2.05) is 0 Å². The van der Waals surface area contributed by atoms with E-state index in [1.165, 1.54) is 44.9 Å². The number of aliphatic hydroxyl groups is 1. The predicted octanol–water partition coefficient (Wildman–Crippen LogP) is 7.80. The summed E-state index contributed by atoms with van der Waals surface area (Å²) in [7, 11) is 0. The van der Waals surface area contributed by atoms with E-state index >= 15 is 0 Å². The van der Waals surface area contributed by atoms with Crippen molar-refractivity contribution in [1.82, 2.24) is 0 Å². The minimum Gasteiger partial charge on any atom is -0.393 e. The van der Waals surface area contributed by atoms with Gasteiger partial charge in [0.15, 0.2) is 0 Å². The predicted molar refractivity (Wildman–Crippen MR) is 128 cm³/mol.